The van der Waals surface area contributed by atoms with Gasteiger partial charge in [-0.15, -0.1) is 0 Å². The van der Waals surface area contributed by atoms with Crippen molar-refractivity contribution in [2.75, 3.05) is 13.7 Å². The van der Waals surface area contributed by atoms with E-state index in [4.69, 9.17) is 9.84 Å². The van der Waals surface area contributed by atoms with Crippen molar-refractivity contribution in [3.05, 3.63) is 28.2 Å². The van der Waals surface area contributed by atoms with Crippen LogP contribution >= 0.6 is 15.9 Å². The number of ether oxygens (including phenoxy) is 1. The second kappa shape index (κ2) is 7.78. The van der Waals surface area contributed by atoms with Crippen molar-refractivity contribution in [2.24, 2.45) is 0 Å². The summed E-state index contributed by atoms with van der Waals surface area (Å²) >= 11 is 3.31. The summed E-state index contributed by atoms with van der Waals surface area (Å²) in [6, 6.07) is 5.07. The van der Waals surface area contributed by atoms with Crippen LogP contribution in [-0.4, -0.2) is 30.6 Å². The number of carbonyl (C=O) groups excluding carboxylic acids is 1. The summed E-state index contributed by atoms with van der Waals surface area (Å²) in [6.45, 7) is 0.468. The minimum atomic E-state index is -0.814. The van der Waals surface area contributed by atoms with Crippen molar-refractivity contribution in [2.45, 2.75) is 19.3 Å². The summed E-state index contributed by atoms with van der Waals surface area (Å²) in [5.41, 5.74) is 0.533. The number of aliphatic carboxylic acids is 1. The average molecular weight is 330 g/mol. The highest BCUT2D eigenvalue weighted by atomic mass is 79.9. The van der Waals surface area contributed by atoms with Crippen LogP contribution in [0.25, 0.3) is 0 Å². The Bertz CT molecular complexity index is 462. The van der Waals surface area contributed by atoms with Gasteiger partial charge in [0, 0.05) is 18.5 Å². The fourth-order valence-electron chi connectivity index (χ4n) is 1.51. The summed E-state index contributed by atoms with van der Waals surface area (Å²) in [6.07, 6.45) is 1.33. The van der Waals surface area contributed by atoms with Gasteiger partial charge in [-0.25, -0.2) is 0 Å². The van der Waals surface area contributed by atoms with Gasteiger partial charge in [-0.1, -0.05) is 0 Å². The minimum Gasteiger partial charge on any atom is -0.496 e. The fourth-order valence-corrected chi connectivity index (χ4v) is 2.05. The smallest absolute Gasteiger partial charge is 0.303 e. The molecule has 1 aromatic carbocycles. The standard InChI is InChI=1S/C13H16BrNO4/c1-19-11-6-5-9(8-10(11)14)13(18)15-7-3-2-4-12(16)17/h5-6,8H,2-4,7H2,1H3,(H,15,18)(H,16,17). The van der Waals surface area contributed by atoms with E-state index in [0.717, 1.165) is 0 Å². The van der Waals surface area contributed by atoms with Gasteiger partial charge in [0.25, 0.3) is 5.91 Å². The first kappa shape index (κ1) is 15.5. The Hall–Kier alpha value is -1.56. The van der Waals surface area contributed by atoms with Gasteiger partial charge in [-0.2, -0.15) is 0 Å². The molecular formula is C13H16BrNO4. The molecule has 0 fully saturated rings. The molecule has 2 N–H and O–H groups in total. The lowest BCUT2D eigenvalue weighted by atomic mass is 10.2. The number of rotatable bonds is 7. The number of carboxylic acid groups (broad SMARTS) is 1. The third-order valence-electron chi connectivity index (χ3n) is 2.52. The molecule has 104 valence electrons. The summed E-state index contributed by atoms with van der Waals surface area (Å²) in [5.74, 6) is -0.331. The van der Waals surface area contributed by atoms with Crippen molar-refractivity contribution in [3.8, 4) is 5.75 Å². The molecule has 0 heterocycles. The third-order valence-corrected chi connectivity index (χ3v) is 3.14. The zero-order valence-electron chi connectivity index (χ0n) is 10.6. The van der Waals surface area contributed by atoms with Gasteiger partial charge in [0.05, 0.1) is 11.6 Å². The highest BCUT2D eigenvalue weighted by molar-refractivity contribution is 9.10. The van der Waals surface area contributed by atoms with Crippen LogP contribution < -0.4 is 10.1 Å². The average Bonchev–Trinajstić information content (AvgIpc) is 2.37. The number of hydrogen-bond acceptors (Lipinski definition) is 3. The molecule has 0 aliphatic heterocycles. The van der Waals surface area contributed by atoms with Crippen LogP contribution in [0.5, 0.6) is 5.75 Å². The minimum absolute atomic E-state index is 0.129. The van der Waals surface area contributed by atoms with E-state index in [9.17, 15) is 9.59 Å². The molecule has 1 aromatic rings. The molecule has 19 heavy (non-hydrogen) atoms. The number of nitrogens with one attached hydrogen (secondary N) is 1. The number of amides is 1. The van der Waals surface area contributed by atoms with Crippen LogP contribution in [0.2, 0.25) is 0 Å². The van der Waals surface area contributed by atoms with Crippen LogP contribution in [0, 0.1) is 0 Å². The maximum atomic E-state index is 11.8. The molecule has 0 unspecified atom stereocenters. The van der Waals surface area contributed by atoms with E-state index >= 15 is 0 Å². The van der Waals surface area contributed by atoms with Crippen molar-refractivity contribution >= 4 is 27.8 Å². The van der Waals surface area contributed by atoms with Gasteiger partial charge >= 0.3 is 5.97 Å². The van der Waals surface area contributed by atoms with Crippen LogP contribution in [0.3, 0.4) is 0 Å². The first-order valence-corrected chi connectivity index (χ1v) is 6.67. The molecule has 0 spiro atoms. The summed E-state index contributed by atoms with van der Waals surface area (Å²) in [4.78, 5) is 22.1. The Labute approximate surface area is 120 Å². The van der Waals surface area contributed by atoms with Gasteiger partial charge < -0.3 is 15.2 Å². The van der Waals surface area contributed by atoms with Crippen LogP contribution in [0.4, 0.5) is 0 Å². The van der Waals surface area contributed by atoms with E-state index in [2.05, 4.69) is 21.2 Å². The second-order valence-electron chi connectivity index (χ2n) is 3.96. The van der Waals surface area contributed by atoms with Crippen LogP contribution in [0.15, 0.2) is 22.7 Å². The van der Waals surface area contributed by atoms with Crippen LogP contribution in [0.1, 0.15) is 29.6 Å². The molecule has 6 heteroatoms. The molecule has 0 saturated carbocycles. The number of methoxy groups -OCH3 is 1. The molecule has 0 aliphatic rings. The molecule has 0 radical (unpaired) electrons. The number of carbonyl (C=O) groups is 2. The van der Waals surface area contributed by atoms with Gasteiger partial charge in [-0.3, -0.25) is 9.59 Å². The zero-order chi connectivity index (χ0) is 14.3. The summed E-state index contributed by atoms with van der Waals surface area (Å²) in [5, 5.41) is 11.2. The van der Waals surface area contributed by atoms with Crippen molar-refractivity contribution in [1.82, 2.24) is 5.32 Å². The molecule has 0 atom stereocenters. The van der Waals surface area contributed by atoms with Crippen molar-refractivity contribution in [3.63, 3.8) is 0 Å². The lowest BCUT2D eigenvalue weighted by molar-refractivity contribution is -0.137. The predicted molar refractivity (Wildman–Crippen MR) is 74.5 cm³/mol. The van der Waals surface area contributed by atoms with Crippen molar-refractivity contribution < 1.29 is 19.4 Å². The lowest BCUT2D eigenvalue weighted by Gasteiger charge is -2.07. The molecular weight excluding hydrogens is 314 g/mol. The Kier molecular flexibility index (Phi) is 6.35. The zero-order valence-corrected chi connectivity index (χ0v) is 12.2. The third kappa shape index (κ3) is 5.30. The number of unbranched alkanes of at least 4 members (excludes halogenated alkanes) is 1. The fraction of sp³-hybridized carbons (Fsp3) is 0.385. The van der Waals surface area contributed by atoms with E-state index in [1.54, 1.807) is 25.3 Å². The highest BCUT2D eigenvalue weighted by Gasteiger charge is 2.08. The lowest BCUT2D eigenvalue weighted by Crippen LogP contribution is -2.24. The number of benzene rings is 1. The topological polar surface area (TPSA) is 75.6 Å². The molecule has 1 amide bonds. The molecule has 0 aliphatic carbocycles. The summed E-state index contributed by atoms with van der Waals surface area (Å²) < 4.78 is 5.80. The maximum absolute atomic E-state index is 11.8. The maximum Gasteiger partial charge on any atom is 0.303 e. The Morgan fingerprint density at radius 2 is 2.11 bits per heavy atom. The first-order chi connectivity index (χ1) is 9.04. The Morgan fingerprint density at radius 1 is 1.37 bits per heavy atom. The first-order valence-electron chi connectivity index (χ1n) is 5.88. The molecule has 0 bridgehead atoms. The van der Waals surface area contributed by atoms with E-state index in [-0.39, 0.29) is 12.3 Å². The highest BCUT2D eigenvalue weighted by Crippen LogP contribution is 2.25. The van der Waals surface area contributed by atoms with E-state index < -0.39 is 5.97 Å². The van der Waals surface area contributed by atoms with Crippen LogP contribution in [-0.2, 0) is 4.79 Å². The summed E-state index contributed by atoms with van der Waals surface area (Å²) in [7, 11) is 1.56. The number of hydrogen-bond donors (Lipinski definition) is 2. The van der Waals surface area contributed by atoms with E-state index in [0.29, 0.717) is 35.2 Å². The Morgan fingerprint density at radius 3 is 2.68 bits per heavy atom. The second-order valence-corrected chi connectivity index (χ2v) is 4.81. The van der Waals surface area contributed by atoms with Gasteiger partial charge in [-0.05, 0) is 47.0 Å². The normalized spacial score (nSPS) is 10.0. The quantitative estimate of drug-likeness (QED) is 0.753. The van der Waals surface area contributed by atoms with Gasteiger partial charge in [0.15, 0.2) is 0 Å². The largest absolute Gasteiger partial charge is 0.496 e. The molecule has 5 nitrogen and oxygen atoms in total. The van der Waals surface area contributed by atoms with Gasteiger partial charge in [0.1, 0.15) is 5.75 Å². The van der Waals surface area contributed by atoms with Gasteiger partial charge in [0.2, 0.25) is 0 Å². The molecule has 1 rings (SSSR count). The SMILES string of the molecule is COc1ccc(C(=O)NCCCCC(=O)O)cc1Br. The monoisotopic (exact) mass is 329 g/mol. The molecule has 0 saturated heterocycles. The Balaban J connectivity index is 2.41. The van der Waals surface area contributed by atoms with Crippen molar-refractivity contribution in [1.29, 1.82) is 0 Å². The number of halogens is 1. The molecule has 0 aromatic heterocycles. The van der Waals surface area contributed by atoms with E-state index in [1.807, 2.05) is 0 Å². The predicted octanol–water partition coefficient (Wildman–Crippen LogP) is 2.44. The van der Waals surface area contributed by atoms with E-state index in [1.165, 1.54) is 0 Å². The number of carboxylic acids is 1.